The van der Waals surface area contributed by atoms with Crippen LogP contribution in [0.15, 0.2) is 24.7 Å². The van der Waals surface area contributed by atoms with Crippen LogP contribution in [-0.4, -0.2) is 68.7 Å². The van der Waals surface area contributed by atoms with Gasteiger partial charge < -0.3 is 9.64 Å². The van der Waals surface area contributed by atoms with Crippen LogP contribution < -0.4 is 0 Å². The molecule has 2 aromatic rings. The molecule has 7 heteroatoms. The van der Waals surface area contributed by atoms with Gasteiger partial charge in [-0.15, -0.1) is 0 Å². The van der Waals surface area contributed by atoms with Crippen molar-refractivity contribution in [2.75, 3.05) is 26.3 Å². The highest BCUT2D eigenvalue weighted by Crippen LogP contribution is 2.53. The topological polar surface area (TPSA) is 63.0 Å². The number of morpholine rings is 1. The van der Waals surface area contributed by atoms with Gasteiger partial charge in [0.05, 0.1) is 24.8 Å². The number of ether oxygens (including phenoxy) is 1. The van der Waals surface area contributed by atoms with Crippen molar-refractivity contribution in [3.8, 4) is 0 Å². The van der Waals surface area contributed by atoms with Gasteiger partial charge in [0.15, 0.2) is 5.65 Å². The summed E-state index contributed by atoms with van der Waals surface area (Å²) in [6.45, 7) is 5.81. The molecule has 144 valence electrons. The van der Waals surface area contributed by atoms with Crippen molar-refractivity contribution >= 4 is 11.6 Å². The third-order valence-corrected chi connectivity index (χ3v) is 6.94. The lowest BCUT2D eigenvalue weighted by Crippen LogP contribution is -2.53. The number of hydrogen-bond donors (Lipinski definition) is 0. The quantitative estimate of drug-likeness (QED) is 0.821. The van der Waals surface area contributed by atoms with E-state index in [2.05, 4.69) is 21.9 Å². The maximum Gasteiger partial charge on any atom is 0.230 e. The van der Waals surface area contributed by atoms with Gasteiger partial charge in [0, 0.05) is 49.7 Å². The van der Waals surface area contributed by atoms with E-state index in [1.807, 2.05) is 34.1 Å². The second-order valence-corrected chi connectivity index (χ2v) is 8.10. The van der Waals surface area contributed by atoms with Crippen molar-refractivity contribution in [2.45, 2.75) is 51.2 Å². The number of nitrogens with zero attached hydrogens (tertiary/aromatic N) is 5. The van der Waals surface area contributed by atoms with E-state index >= 15 is 0 Å². The van der Waals surface area contributed by atoms with E-state index in [1.54, 1.807) is 0 Å². The zero-order valence-corrected chi connectivity index (χ0v) is 15.9. The van der Waals surface area contributed by atoms with E-state index in [4.69, 9.17) is 4.74 Å². The van der Waals surface area contributed by atoms with Crippen LogP contribution in [0, 0.1) is 5.41 Å². The first kappa shape index (κ1) is 17.1. The summed E-state index contributed by atoms with van der Waals surface area (Å²) < 4.78 is 7.29. The molecular weight excluding hydrogens is 342 g/mol. The number of fused-ring (bicyclic) bond motifs is 3. The predicted molar refractivity (Wildman–Crippen MR) is 100 cm³/mol. The van der Waals surface area contributed by atoms with Crippen LogP contribution >= 0.6 is 0 Å². The Kier molecular flexibility index (Phi) is 4.16. The molecule has 3 fully saturated rings. The standard InChI is InChI=1S/C20H27N5O2/c1-2-20(19(26)23-8-10-27-11-9-23)12-16-4-5-17(20)24(16)14-15-13-22-25-7-3-6-21-18(15)25/h3,6-7,13,16-17H,2,4-5,8-12,14H2,1H3/t16-,17+,20+/m0/s1. The van der Waals surface area contributed by atoms with Gasteiger partial charge in [-0.1, -0.05) is 6.92 Å². The maximum absolute atomic E-state index is 13.5. The Hall–Kier alpha value is -1.99. The number of carbonyl (C=O) groups excluding carboxylic acids is 1. The molecule has 3 aliphatic rings. The molecule has 0 N–H and O–H groups in total. The summed E-state index contributed by atoms with van der Waals surface area (Å²) in [7, 11) is 0. The molecular formula is C20H27N5O2. The second kappa shape index (κ2) is 6.56. The van der Waals surface area contributed by atoms with Gasteiger partial charge >= 0.3 is 0 Å². The van der Waals surface area contributed by atoms with Gasteiger partial charge in [-0.2, -0.15) is 5.10 Å². The van der Waals surface area contributed by atoms with Crippen molar-refractivity contribution in [1.29, 1.82) is 0 Å². The molecule has 1 amide bonds. The Bertz CT molecular complexity index is 846. The molecule has 3 saturated heterocycles. The summed E-state index contributed by atoms with van der Waals surface area (Å²) in [5, 5.41) is 4.43. The number of hydrogen-bond acceptors (Lipinski definition) is 5. The van der Waals surface area contributed by atoms with Crippen LogP contribution in [0.25, 0.3) is 5.65 Å². The molecule has 7 nitrogen and oxygen atoms in total. The Morgan fingerprint density at radius 3 is 3.00 bits per heavy atom. The van der Waals surface area contributed by atoms with E-state index in [0.717, 1.165) is 50.1 Å². The second-order valence-electron chi connectivity index (χ2n) is 8.10. The molecule has 0 radical (unpaired) electrons. The van der Waals surface area contributed by atoms with E-state index in [0.29, 0.717) is 31.2 Å². The van der Waals surface area contributed by atoms with E-state index in [-0.39, 0.29) is 5.41 Å². The fourth-order valence-electron chi connectivity index (χ4n) is 5.57. The van der Waals surface area contributed by atoms with Crippen LogP contribution in [0.2, 0.25) is 0 Å². The third-order valence-electron chi connectivity index (χ3n) is 6.94. The lowest BCUT2D eigenvalue weighted by molar-refractivity contribution is -0.148. The van der Waals surface area contributed by atoms with Gasteiger partial charge in [-0.3, -0.25) is 9.69 Å². The van der Waals surface area contributed by atoms with Crippen LogP contribution in [0.3, 0.4) is 0 Å². The highest BCUT2D eigenvalue weighted by atomic mass is 16.5. The van der Waals surface area contributed by atoms with Crippen LogP contribution in [0.4, 0.5) is 0 Å². The molecule has 0 aromatic carbocycles. The molecule has 3 aliphatic heterocycles. The lowest BCUT2D eigenvalue weighted by Gasteiger charge is -2.40. The summed E-state index contributed by atoms with van der Waals surface area (Å²) >= 11 is 0. The number of amides is 1. The van der Waals surface area contributed by atoms with Gasteiger partial charge in [-0.05, 0) is 31.7 Å². The fraction of sp³-hybridized carbons (Fsp3) is 0.650. The summed E-state index contributed by atoms with van der Waals surface area (Å²) in [5.74, 6) is 0.350. The molecule has 2 aromatic heterocycles. The van der Waals surface area contributed by atoms with Crippen LogP contribution in [0.1, 0.15) is 38.2 Å². The van der Waals surface area contributed by atoms with Crippen molar-refractivity contribution in [2.24, 2.45) is 5.41 Å². The van der Waals surface area contributed by atoms with Gasteiger partial charge in [0.1, 0.15) is 0 Å². The Morgan fingerprint density at radius 2 is 2.19 bits per heavy atom. The summed E-state index contributed by atoms with van der Waals surface area (Å²) in [6, 6.07) is 2.70. The molecule has 0 spiro atoms. The molecule has 2 bridgehead atoms. The minimum atomic E-state index is -0.239. The summed E-state index contributed by atoms with van der Waals surface area (Å²) in [6.07, 6.45) is 9.87. The van der Waals surface area contributed by atoms with Crippen molar-refractivity contribution in [3.63, 3.8) is 0 Å². The molecule has 5 heterocycles. The normalized spacial score (nSPS) is 31.1. The first-order valence-electron chi connectivity index (χ1n) is 10.1. The average molecular weight is 369 g/mol. The lowest BCUT2D eigenvalue weighted by atomic mass is 9.70. The monoisotopic (exact) mass is 369 g/mol. The SMILES string of the molecule is CC[C@@]1(C(=O)N2CCOCC2)C[C@@H]2CC[C@H]1N2Cc1cnn2cccnc12. The van der Waals surface area contributed by atoms with E-state index in [1.165, 1.54) is 6.42 Å². The average Bonchev–Trinajstić information content (AvgIpc) is 3.41. The van der Waals surface area contributed by atoms with Crippen LogP contribution in [0.5, 0.6) is 0 Å². The van der Waals surface area contributed by atoms with E-state index < -0.39 is 0 Å². The van der Waals surface area contributed by atoms with E-state index in [9.17, 15) is 4.79 Å². The minimum Gasteiger partial charge on any atom is -0.378 e. The van der Waals surface area contributed by atoms with Gasteiger partial charge in [0.2, 0.25) is 5.91 Å². The number of rotatable bonds is 4. The molecule has 5 rings (SSSR count). The van der Waals surface area contributed by atoms with Crippen LogP contribution in [-0.2, 0) is 16.1 Å². The molecule has 27 heavy (non-hydrogen) atoms. The zero-order valence-electron chi connectivity index (χ0n) is 15.9. The Labute approximate surface area is 159 Å². The van der Waals surface area contributed by atoms with Crippen molar-refractivity contribution in [3.05, 3.63) is 30.2 Å². The van der Waals surface area contributed by atoms with Gasteiger partial charge in [-0.25, -0.2) is 9.50 Å². The number of carbonyl (C=O) groups is 1. The highest BCUT2D eigenvalue weighted by molar-refractivity contribution is 5.84. The maximum atomic E-state index is 13.5. The zero-order chi connectivity index (χ0) is 18.4. The summed E-state index contributed by atoms with van der Waals surface area (Å²) in [4.78, 5) is 22.6. The smallest absolute Gasteiger partial charge is 0.230 e. The largest absolute Gasteiger partial charge is 0.378 e. The highest BCUT2D eigenvalue weighted by Gasteiger charge is 2.59. The Morgan fingerprint density at radius 1 is 1.33 bits per heavy atom. The number of aromatic nitrogens is 3. The molecule has 0 aliphatic carbocycles. The van der Waals surface area contributed by atoms with Crippen molar-refractivity contribution < 1.29 is 9.53 Å². The molecule has 3 atom stereocenters. The Balaban J connectivity index is 1.41. The third kappa shape index (κ3) is 2.59. The predicted octanol–water partition coefficient (Wildman–Crippen LogP) is 1.72. The minimum absolute atomic E-state index is 0.239. The summed E-state index contributed by atoms with van der Waals surface area (Å²) in [5.41, 5.74) is 1.83. The first-order valence-corrected chi connectivity index (χ1v) is 10.1. The molecule has 0 saturated carbocycles. The first-order chi connectivity index (χ1) is 13.2. The fourth-order valence-corrected chi connectivity index (χ4v) is 5.57. The van der Waals surface area contributed by atoms with Gasteiger partial charge in [0.25, 0.3) is 0 Å². The van der Waals surface area contributed by atoms with Crippen molar-refractivity contribution in [1.82, 2.24) is 24.4 Å². The molecule has 0 unspecified atom stereocenters.